The van der Waals surface area contributed by atoms with Crippen LogP contribution in [0.3, 0.4) is 0 Å². The average molecular weight is 340 g/mol. The highest BCUT2D eigenvalue weighted by Gasteiger charge is 2.60. The van der Waals surface area contributed by atoms with Crippen molar-refractivity contribution in [3.63, 3.8) is 0 Å². The molecule has 2 N–H and O–H groups in total. The Hall–Kier alpha value is -1.76. The molecular formula is C17H28N2O5. The summed E-state index contributed by atoms with van der Waals surface area (Å²) in [5, 5.41) is 13.8. The molecule has 1 aliphatic carbocycles. The van der Waals surface area contributed by atoms with E-state index in [9.17, 15) is 14.7 Å². The minimum absolute atomic E-state index is 0.132. The molecule has 2 aliphatic rings. The Morgan fingerprint density at radius 1 is 1.25 bits per heavy atom. The van der Waals surface area contributed by atoms with Crippen molar-refractivity contribution in [2.75, 3.05) is 19.7 Å². The van der Waals surface area contributed by atoms with Crippen molar-refractivity contribution in [1.29, 1.82) is 0 Å². The van der Waals surface area contributed by atoms with E-state index in [4.69, 9.17) is 9.47 Å². The molecule has 1 heterocycles. The number of hydrogen-bond acceptors (Lipinski definition) is 5. The van der Waals surface area contributed by atoms with Gasteiger partial charge in [0.2, 0.25) is 0 Å². The molecule has 2 amide bonds. The largest absolute Gasteiger partial charge is 0.445 e. The molecule has 0 spiro atoms. The third-order valence-corrected chi connectivity index (χ3v) is 4.56. The van der Waals surface area contributed by atoms with Crippen molar-refractivity contribution in [2.24, 2.45) is 0 Å². The maximum Gasteiger partial charge on any atom is 0.410 e. The Balaban J connectivity index is 1.91. The third kappa shape index (κ3) is 4.20. The summed E-state index contributed by atoms with van der Waals surface area (Å²) in [5.41, 5.74) is -2.22. The Morgan fingerprint density at radius 2 is 1.83 bits per heavy atom. The SMILES string of the molecule is C=CCOC(=O)NC1(C2(O)CCN(C(=O)OC(C)(C)C)CC2)CC1. The lowest BCUT2D eigenvalue weighted by molar-refractivity contribution is -0.0617. The van der Waals surface area contributed by atoms with Gasteiger partial charge in [-0.3, -0.25) is 0 Å². The quantitative estimate of drug-likeness (QED) is 0.766. The second kappa shape index (κ2) is 6.63. The van der Waals surface area contributed by atoms with Gasteiger partial charge in [-0.05, 0) is 46.5 Å². The zero-order valence-electron chi connectivity index (χ0n) is 14.8. The molecule has 0 bridgehead atoms. The lowest BCUT2D eigenvalue weighted by Crippen LogP contribution is -2.60. The maximum absolute atomic E-state index is 12.1. The Labute approximate surface area is 143 Å². The van der Waals surface area contributed by atoms with E-state index in [2.05, 4.69) is 11.9 Å². The summed E-state index contributed by atoms with van der Waals surface area (Å²) in [6, 6.07) is 0. The smallest absolute Gasteiger partial charge is 0.410 e. The zero-order chi connectivity index (χ0) is 18.0. The van der Waals surface area contributed by atoms with Crippen LogP contribution in [0.2, 0.25) is 0 Å². The number of nitrogens with zero attached hydrogens (tertiary/aromatic N) is 1. The standard InChI is InChI=1S/C17H28N2O5/c1-5-12-23-13(20)18-16(6-7-16)17(22)8-10-19(11-9-17)14(21)24-15(2,3)4/h5,22H,1,6-12H2,2-4H3,(H,18,20). The number of piperidine rings is 1. The summed E-state index contributed by atoms with van der Waals surface area (Å²) in [4.78, 5) is 25.5. The van der Waals surface area contributed by atoms with E-state index >= 15 is 0 Å². The Bertz CT molecular complexity index is 500. The number of likely N-dealkylation sites (tertiary alicyclic amines) is 1. The molecule has 7 heteroatoms. The molecule has 24 heavy (non-hydrogen) atoms. The van der Waals surface area contributed by atoms with Gasteiger partial charge in [0.1, 0.15) is 12.2 Å². The van der Waals surface area contributed by atoms with Gasteiger partial charge in [0, 0.05) is 13.1 Å². The lowest BCUT2D eigenvalue weighted by Gasteiger charge is -2.43. The first kappa shape index (κ1) is 18.6. The predicted octanol–water partition coefficient (Wildman–Crippen LogP) is 2.19. The Kier molecular flexibility index (Phi) is 5.13. The van der Waals surface area contributed by atoms with Crippen molar-refractivity contribution >= 4 is 12.2 Å². The van der Waals surface area contributed by atoms with Crippen molar-refractivity contribution in [3.8, 4) is 0 Å². The van der Waals surface area contributed by atoms with Gasteiger partial charge in [0.25, 0.3) is 0 Å². The second-order valence-corrected chi connectivity index (χ2v) is 7.59. The van der Waals surface area contributed by atoms with Crippen LogP contribution >= 0.6 is 0 Å². The van der Waals surface area contributed by atoms with E-state index in [0.717, 1.165) is 0 Å². The fraction of sp³-hybridized carbons (Fsp3) is 0.765. The summed E-state index contributed by atoms with van der Waals surface area (Å²) >= 11 is 0. The number of carbonyl (C=O) groups excluding carboxylic acids is 2. The van der Waals surface area contributed by atoms with E-state index in [1.54, 1.807) is 4.90 Å². The van der Waals surface area contributed by atoms with E-state index in [1.807, 2.05) is 20.8 Å². The van der Waals surface area contributed by atoms with Crippen LogP contribution < -0.4 is 5.32 Å². The van der Waals surface area contributed by atoms with Gasteiger partial charge in [0.15, 0.2) is 0 Å². The number of alkyl carbamates (subject to hydrolysis) is 1. The Morgan fingerprint density at radius 3 is 2.29 bits per heavy atom. The first-order valence-corrected chi connectivity index (χ1v) is 8.37. The van der Waals surface area contributed by atoms with Crippen LogP contribution in [0.1, 0.15) is 46.5 Å². The highest BCUT2D eigenvalue weighted by molar-refractivity contribution is 5.70. The molecule has 2 fully saturated rings. The summed E-state index contributed by atoms with van der Waals surface area (Å²) in [5.74, 6) is 0. The van der Waals surface area contributed by atoms with E-state index in [0.29, 0.717) is 38.8 Å². The first-order valence-electron chi connectivity index (χ1n) is 8.37. The normalized spacial score (nSPS) is 21.6. The van der Waals surface area contributed by atoms with Crippen LogP contribution in [0.4, 0.5) is 9.59 Å². The minimum atomic E-state index is -1.03. The second-order valence-electron chi connectivity index (χ2n) is 7.59. The van der Waals surface area contributed by atoms with Crippen LogP contribution in [0.5, 0.6) is 0 Å². The molecule has 0 atom stereocenters. The van der Waals surface area contributed by atoms with Crippen LogP contribution in [0.25, 0.3) is 0 Å². The van der Waals surface area contributed by atoms with Gasteiger partial charge >= 0.3 is 12.2 Å². The molecule has 0 radical (unpaired) electrons. The summed E-state index contributed by atoms with van der Waals surface area (Å²) in [6.45, 7) is 9.89. The molecule has 1 saturated heterocycles. The molecule has 1 saturated carbocycles. The number of ether oxygens (including phenoxy) is 2. The number of aliphatic hydroxyl groups is 1. The number of nitrogens with one attached hydrogen (secondary N) is 1. The van der Waals surface area contributed by atoms with E-state index < -0.39 is 22.8 Å². The van der Waals surface area contributed by atoms with E-state index in [1.165, 1.54) is 6.08 Å². The molecule has 2 rings (SSSR count). The van der Waals surface area contributed by atoms with Crippen molar-refractivity contribution in [2.45, 2.75) is 63.2 Å². The van der Waals surface area contributed by atoms with Gasteiger partial charge < -0.3 is 24.8 Å². The summed E-state index contributed by atoms with van der Waals surface area (Å²) in [7, 11) is 0. The monoisotopic (exact) mass is 340 g/mol. The maximum atomic E-state index is 12.1. The van der Waals surface area contributed by atoms with Gasteiger partial charge in [-0.25, -0.2) is 9.59 Å². The summed E-state index contributed by atoms with van der Waals surface area (Å²) in [6.07, 6.45) is 2.79. The molecule has 1 aliphatic heterocycles. The third-order valence-electron chi connectivity index (χ3n) is 4.56. The first-order chi connectivity index (χ1) is 11.1. The van der Waals surface area contributed by atoms with Crippen molar-refractivity contribution < 1.29 is 24.2 Å². The molecule has 0 aromatic carbocycles. The van der Waals surface area contributed by atoms with Crippen LogP contribution in [-0.2, 0) is 9.47 Å². The molecule has 0 aromatic heterocycles. The molecule has 136 valence electrons. The predicted molar refractivity (Wildman–Crippen MR) is 88.6 cm³/mol. The summed E-state index contributed by atoms with van der Waals surface area (Å²) < 4.78 is 10.3. The van der Waals surface area contributed by atoms with Crippen LogP contribution in [0.15, 0.2) is 12.7 Å². The zero-order valence-corrected chi connectivity index (χ0v) is 14.8. The lowest BCUT2D eigenvalue weighted by atomic mass is 9.82. The highest BCUT2D eigenvalue weighted by Crippen LogP contribution is 2.49. The fourth-order valence-electron chi connectivity index (χ4n) is 3.06. The van der Waals surface area contributed by atoms with Gasteiger partial charge in [0.05, 0.1) is 11.1 Å². The molecule has 0 aromatic rings. The minimum Gasteiger partial charge on any atom is -0.445 e. The number of rotatable bonds is 4. The number of hydrogen-bond donors (Lipinski definition) is 2. The molecule has 0 unspecified atom stereocenters. The molecule has 7 nitrogen and oxygen atoms in total. The number of carbonyl (C=O) groups is 2. The van der Waals surface area contributed by atoms with E-state index in [-0.39, 0.29) is 12.7 Å². The van der Waals surface area contributed by atoms with Gasteiger partial charge in [-0.1, -0.05) is 12.7 Å². The number of amides is 2. The van der Waals surface area contributed by atoms with Crippen LogP contribution in [-0.4, -0.2) is 58.6 Å². The fourth-order valence-corrected chi connectivity index (χ4v) is 3.06. The molecular weight excluding hydrogens is 312 g/mol. The topological polar surface area (TPSA) is 88.1 Å². The van der Waals surface area contributed by atoms with Gasteiger partial charge in [-0.2, -0.15) is 0 Å². The van der Waals surface area contributed by atoms with Gasteiger partial charge in [-0.15, -0.1) is 0 Å². The van der Waals surface area contributed by atoms with Crippen LogP contribution in [0, 0.1) is 0 Å². The van der Waals surface area contributed by atoms with Crippen molar-refractivity contribution in [3.05, 3.63) is 12.7 Å². The highest BCUT2D eigenvalue weighted by atomic mass is 16.6. The average Bonchev–Trinajstić information content (AvgIpc) is 3.25. The van der Waals surface area contributed by atoms with Crippen molar-refractivity contribution in [1.82, 2.24) is 10.2 Å².